The summed E-state index contributed by atoms with van der Waals surface area (Å²) in [6.45, 7) is 7.88. The predicted molar refractivity (Wildman–Crippen MR) is 134 cm³/mol. The number of nitrogens with one attached hydrogen (secondary N) is 2. The number of hydrogen-bond donors (Lipinski definition) is 2. The summed E-state index contributed by atoms with van der Waals surface area (Å²) in [5.41, 5.74) is 2.53. The van der Waals surface area contributed by atoms with Crippen molar-refractivity contribution in [3.05, 3.63) is 89.3 Å². The van der Waals surface area contributed by atoms with Crippen molar-refractivity contribution in [2.45, 2.75) is 34.2 Å². The Morgan fingerprint density at radius 3 is 2.71 bits per heavy atom. The molecular formula is C26H30FN5O2. The van der Waals surface area contributed by atoms with Gasteiger partial charge in [-0.1, -0.05) is 26.0 Å². The first-order chi connectivity index (χ1) is 16.5. The summed E-state index contributed by atoms with van der Waals surface area (Å²) < 4.78 is 19.3. The summed E-state index contributed by atoms with van der Waals surface area (Å²) >= 11 is 0. The van der Waals surface area contributed by atoms with Crippen molar-refractivity contribution >= 4 is 17.9 Å². The summed E-state index contributed by atoms with van der Waals surface area (Å²) in [5.74, 6) is 0.983. The van der Waals surface area contributed by atoms with Crippen molar-refractivity contribution in [1.29, 1.82) is 0 Å². The van der Waals surface area contributed by atoms with E-state index in [4.69, 9.17) is 4.74 Å². The number of anilines is 1. The normalized spacial score (nSPS) is 10.9. The third kappa shape index (κ3) is 7.51. The van der Waals surface area contributed by atoms with Crippen LogP contribution >= 0.6 is 0 Å². The van der Waals surface area contributed by atoms with Gasteiger partial charge in [-0.15, -0.1) is 0 Å². The highest BCUT2D eigenvalue weighted by atomic mass is 19.1. The highest BCUT2D eigenvalue weighted by Crippen LogP contribution is 2.28. The smallest absolute Gasteiger partial charge is 0.251 e. The molecule has 3 rings (SSSR count). The molecular weight excluding hydrogens is 433 g/mol. The second-order valence-electron chi connectivity index (χ2n) is 6.86. The van der Waals surface area contributed by atoms with Gasteiger partial charge in [-0.25, -0.2) is 9.37 Å². The second-order valence-corrected chi connectivity index (χ2v) is 6.86. The first-order valence-corrected chi connectivity index (χ1v) is 11.0. The van der Waals surface area contributed by atoms with Crippen LogP contribution in [0.15, 0.2) is 71.8 Å². The first-order valence-electron chi connectivity index (χ1n) is 11.0. The molecule has 2 N–H and O–H groups in total. The van der Waals surface area contributed by atoms with Crippen LogP contribution in [0, 0.1) is 12.7 Å². The van der Waals surface area contributed by atoms with Crippen LogP contribution in [0.3, 0.4) is 0 Å². The summed E-state index contributed by atoms with van der Waals surface area (Å²) in [6.07, 6.45) is 7.84. The Hall–Kier alpha value is -4.07. The van der Waals surface area contributed by atoms with Crippen LogP contribution in [0.5, 0.6) is 11.5 Å². The highest BCUT2D eigenvalue weighted by molar-refractivity contribution is 5.96. The van der Waals surface area contributed by atoms with Crippen LogP contribution < -0.4 is 15.4 Å². The molecule has 0 aliphatic rings. The molecule has 3 aromatic rings. The van der Waals surface area contributed by atoms with Crippen LogP contribution in [-0.4, -0.2) is 29.1 Å². The van der Waals surface area contributed by atoms with Crippen LogP contribution in [-0.2, 0) is 6.54 Å². The van der Waals surface area contributed by atoms with Crippen molar-refractivity contribution < 1.29 is 13.9 Å². The molecule has 34 heavy (non-hydrogen) atoms. The Morgan fingerprint density at radius 1 is 1.21 bits per heavy atom. The Kier molecular flexibility index (Phi) is 10.4. The number of amides is 1. The Labute approximate surface area is 199 Å². The summed E-state index contributed by atoms with van der Waals surface area (Å²) in [6, 6.07) is 10.1. The van der Waals surface area contributed by atoms with Crippen LogP contribution in [0.1, 0.15) is 42.3 Å². The Morgan fingerprint density at radius 2 is 2.00 bits per heavy atom. The number of halogens is 1. The van der Waals surface area contributed by atoms with Gasteiger partial charge in [-0.2, -0.15) is 0 Å². The average molecular weight is 464 g/mol. The van der Waals surface area contributed by atoms with E-state index in [2.05, 4.69) is 25.6 Å². The summed E-state index contributed by atoms with van der Waals surface area (Å²) in [4.78, 5) is 24.7. The Balaban J connectivity index is 0.00000199. The number of hydrogen-bond acceptors (Lipinski definition) is 6. The van der Waals surface area contributed by atoms with E-state index in [-0.39, 0.29) is 12.5 Å². The zero-order valence-electron chi connectivity index (χ0n) is 20.1. The summed E-state index contributed by atoms with van der Waals surface area (Å²) in [7, 11) is 1.69. The second kappa shape index (κ2) is 13.5. The van der Waals surface area contributed by atoms with Gasteiger partial charge in [0.15, 0.2) is 0 Å². The van der Waals surface area contributed by atoms with Crippen molar-refractivity contribution in [2.24, 2.45) is 4.99 Å². The largest absolute Gasteiger partial charge is 0.457 e. The SMILES string of the molecule is C/C=C(\C=NC)Nc1cc(Oc2cccc(C(=O)NCc3cncc(F)c3)c2C)ccn1.CC. The molecule has 2 heterocycles. The topological polar surface area (TPSA) is 88.5 Å². The molecule has 0 spiro atoms. The van der Waals surface area contributed by atoms with Gasteiger partial charge in [-0.05, 0) is 43.7 Å². The average Bonchev–Trinajstić information content (AvgIpc) is 2.85. The molecule has 0 aliphatic carbocycles. The molecule has 0 unspecified atom stereocenters. The lowest BCUT2D eigenvalue weighted by atomic mass is 10.1. The van der Waals surface area contributed by atoms with Crippen LogP contribution in [0.4, 0.5) is 10.2 Å². The quantitative estimate of drug-likeness (QED) is 0.419. The summed E-state index contributed by atoms with van der Waals surface area (Å²) in [5, 5.41) is 5.94. The van der Waals surface area contributed by atoms with E-state index in [0.29, 0.717) is 34.0 Å². The fourth-order valence-electron chi connectivity index (χ4n) is 2.94. The molecule has 0 aliphatic heterocycles. The van der Waals surface area contributed by atoms with Crippen molar-refractivity contribution in [3.63, 3.8) is 0 Å². The third-order valence-corrected chi connectivity index (χ3v) is 4.55. The van der Waals surface area contributed by atoms with Gasteiger partial charge >= 0.3 is 0 Å². The van der Waals surface area contributed by atoms with E-state index in [1.807, 2.05) is 33.8 Å². The van der Waals surface area contributed by atoms with Gasteiger partial charge in [0.1, 0.15) is 23.1 Å². The van der Waals surface area contributed by atoms with Crippen molar-refractivity contribution in [3.8, 4) is 11.5 Å². The van der Waals surface area contributed by atoms with Gasteiger partial charge in [0, 0.05) is 49.4 Å². The van der Waals surface area contributed by atoms with Gasteiger partial charge < -0.3 is 15.4 Å². The lowest BCUT2D eigenvalue weighted by Gasteiger charge is -2.13. The third-order valence-electron chi connectivity index (χ3n) is 4.55. The van der Waals surface area contributed by atoms with Gasteiger partial charge in [0.05, 0.1) is 11.9 Å². The molecule has 1 amide bonds. The number of carbonyl (C=O) groups excluding carboxylic acids is 1. The maximum Gasteiger partial charge on any atom is 0.251 e. The lowest BCUT2D eigenvalue weighted by Crippen LogP contribution is -2.23. The number of aromatic nitrogens is 2. The van der Waals surface area contributed by atoms with E-state index < -0.39 is 5.82 Å². The maximum atomic E-state index is 13.3. The fraction of sp³-hybridized carbons (Fsp3) is 0.231. The van der Waals surface area contributed by atoms with Crippen molar-refractivity contribution in [2.75, 3.05) is 12.4 Å². The number of ether oxygens (including phenoxy) is 1. The van der Waals surface area contributed by atoms with Crippen LogP contribution in [0.2, 0.25) is 0 Å². The predicted octanol–water partition coefficient (Wildman–Crippen LogP) is 5.69. The zero-order valence-corrected chi connectivity index (χ0v) is 20.1. The molecule has 8 heteroatoms. The van der Waals surface area contributed by atoms with E-state index in [9.17, 15) is 9.18 Å². The number of nitrogens with zero attached hydrogens (tertiary/aromatic N) is 3. The Bertz CT molecular complexity index is 1160. The molecule has 0 bridgehead atoms. The minimum Gasteiger partial charge on any atom is -0.457 e. The first kappa shape index (κ1) is 26.2. The number of rotatable bonds is 8. The van der Waals surface area contributed by atoms with E-state index >= 15 is 0 Å². The standard InChI is InChI=1S/C24H24FN5O2.C2H6/c1-4-19(15-26-3)30-23-11-20(8-9-28-23)32-22-7-5-6-21(16(22)2)24(31)29-13-17-10-18(25)14-27-12-17;1-2/h4-12,14-15H,13H2,1-3H3,(H,28,30)(H,29,31);1-2H3/b19-4+,26-15?;. The number of pyridine rings is 2. The highest BCUT2D eigenvalue weighted by Gasteiger charge is 2.13. The monoisotopic (exact) mass is 463 g/mol. The minimum atomic E-state index is -0.446. The lowest BCUT2D eigenvalue weighted by molar-refractivity contribution is 0.0950. The van der Waals surface area contributed by atoms with Gasteiger partial charge in [0.2, 0.25) is 0 Å². The molecule has 178 valence electrons. The van der Waals surface area contributed by atoms with E-state index in [1.165, 1.54) is 12.3 Å². The molecule has 1 aromatic carbocycles. The van der Waals surface area contributed by atoms with E-state index in [0.717, 1.165) is 11.9 Å². The van der Waals surface area contributed by atoms with Gasteiger partial charge in [-0.3, -0.25) is 14.8 Å². The molecule has 0 fully saturated rings. The molecule has 0 saturated carbocycles. The van der Waals surface area contributed by atoms with Gasteiger partial charge in [0.25, 0.3) is 5.91 Å². The number of allylic oxidation sites excluding steroid dienone is 2. The number of aliphatic imine (C=N–C) groups is 1. The minimum absolute atomic E-state index is 0.168. The zero-order chi connectivity index (χ0) is 24.9. The fourth-order valence-corrected chi connectivity index (χ4v) is 2.94. The molecule has 7 nitrogen and oxygen atoms in total. The molecule has 0 radical (unpaired) electrons. The van der Waals surface area contributed by atoms with Crippen molar-refractivity contribution in [1.82, 2.24) is 15.3 Å². The van der Waals surface area contributed by atoms with E-state index in [1.54, 1.807) is 49.8 Å². The molecule has 2 aromatic heterocycles. The van der Waals surface area contributed by atoms with Crippen LogP contribution in [0.25, 0.3) is 0 Å². The number of carbonyl (C=O) groups is 1. The molecule has 0 atom stereocenters. The number of benzene rings is 1. The molecule has 0 saturated heterocycles. The maximum absolute atomic E-state index is 13.3.